The predicted octanol–water partition coefficient (Wildman–Crippen LogP) is 4.31. The Morgan fingerprint density at radius 1 is 1.03 bits per heavy atom. The average molecular weight is 453 g/mol. The molecule has 172 valence electrons. The molecule has 0 spiro atoms. The Hall–Kier alpha value is -4.13. The standard InChI is InChI=1S/C27H28N6O/c1-19-12-15-33(23-11-7-10-22(16-23)31(2)3)26(34)25(19)32-14-13-24-20(18-32)17-28-27(30-24)29-21-8-5-4-6-9-21/h4-12,15-17H,13-14,18H2,1-3H3,(H,28,29,30). The van der Waals surface area contributed by atoms with Crippen molar-refractivity contribution in [2.24, 2.45) is 0 Å². The van der Waals surface area contributed by atoms with Crippen molar-refractivity contribution in [3.63, 3.8) is 0 Å². The Morgan fingerprint density at radius 2 is 1.85 bits per heavy atom. The maximum atomic E-state index is 13.6. The third-order valence-corrected chi connectivity index (χ3v) is 6.17. The quantitative estimate of drug-likeness (QED) is 0.487. The van der Waals surface area contributed by atoms with Gasteiger partial charge in [-0.05, 0) is 48.9 Å². The SMILES string of the molecule is Cc1ccn(-c2cccc(N(C)C)c2)c(=O)c1N1CCc2nc(Nc3ccccc3)ncc2C1. The smallest absolute Gasteiger partial charge is 0.278 e. The average Bonchev–Trinajstić information content (AvgIpc) is 2.85. The molecule has 4 aromatic rings. The molecule has 0 unspecified atom stereocenters. The molecular formula is C27H28N6O. The molecule has 0 amide bonds. The molecule has 34 heavy (non-hydrogen) atoms. The van der Waals surface area contributed by atoms with Crippen molar-refractivity contribution in [2.75, 3.05) is 35.8 Å². The van der Waals surface area contributed by atoms with E-state index in [4.69, 9.17) is 4.98 Å². The molecule has 1 aliphatic heterocycles. The van der Waals surface area contributed by atoms with E-state index in [1.54, 1.807) is 4.57 Å². The van der Waals surface area contributed by atoms with Gasteiger partial charge in [0.2, 0.25) is 5.95 Å². The third kappa shape index (κ3) is 4.24. The Morgan fingerprint density at radius 3 is 2.65 bits per heavy atom. The van der Waals surface area contributed by atoms with Crippen LogP contribution in [0.25, 0.3) is 5.69 Å². The van der Waals surface area contributed by atoms with Crippen molar-refractivity contribution >= 4 is 23.0 Å². The molecule has 0 saturated carbocycles. The van der Waals surface area contributed by atoms with Crippen LogP contribution in [-0.2, 0) is 13.0 Å². The fraction of sp³-hybridized carbons (Fsp3) is 0.222. The van der Waals surface area contributed by atoms with Crippen LogP contribution in [0.4, 0.5) is 23.0 Å². The number of fused-ring (bicyclic) bond motifs is 1. The van der Waals surface area contributed by atoms with Gasteiger partial charge in [-0.2, -0.15) is 0 Å². The largest absolute Gasteiger partial charge is 0.378 e. The number of aromatic nitrogens is 3. The number of rotatable bonds is 5. The number of hydrogen-bond donors (Lipinski definition) is 1. The van der Waals surface area contributed by atoms with Gasteiger partial charge in [0.25, 0.3) is 5.56 Å². The van der Waals surface area contributed by atoms with E-state index in [1.807, 2.05) is 99.0 Å². The molecule has 3 heterocycles. The second kappa shape index (κ2) is 9.02. The molecule has 7 heteroatoms. The number of nitrogens with one attached hydrogen (secondary N) is 1. The number of benzene rings is 2. The van der Waals surface area contributed by atoms with Crippen molar-refractivity contribution in [3.05, 3.63) is 100 Å². The van der Waals surface area contributed by atoms with Crippen molar-refractivity contribution in [2.45, 2.75) is 19.9 Å². The molecule has 2 aromatic carbocycles. The van der Waals surface area contributed by atoms with Crippen LogP contribution in [-0.4, -0.2) is 35.2 Å². The predicted molar refractivity (Wildman–Crippen MR) is 138 cm³/mol. The van der Waals surface area contributed by atoms with Gasteiger partial charge in [-0.3, -0.25) is 9.36 Å². The van der Waals surface area contributed by atoms with Gasteiger partial charge in [0.05, 0.1) is 11.4 Å². The number of nitrogens with zero attached hydrogens (tertiary/aromatic N) is 5. The van der Waals surface area contributed by atoms with E-state index in [0.29, 0.717) is 12.5 Å². The van der Waals surface area contributed by atoms with Crippen LogP contribution in [0.15, 0.2) is 77.9 Å². The molecule has 1 N–H and O–H groups in total. The van der Waals surface area contributed by atoms with Gasteiger partial charge in [0.15, 0.2) is 0 Å². The molecule has 0 radical (unpaired) electrons. The summed E-state index contributed by atoms with van der Waals surface area (Å²) in [6.07, 6.45) is 4.49. The summed E-state index contributed by atoms with van der Waals surface area (Å²) in [4.78, 5) is 27.0. The summed E-state index contributed by atoms with van der Waals surface area (Å²) in [6.45, 7) is 3.33. The number of anilines is 4. The topological polar surface area (TPSA) is 66.3 Å². The van der Waals surface area contributed by atoms with Crippen LogP contribution in [0.5, 0.6) is 0 Å². The van der Waals surface area contributed by atoms with Gasteiger partial charge < -0.3 is 15.1 Å². The van der Waals surface area contributed by atoms with Gasteiger partial charge in [-0.1, -0.05) is 24.3 Å². The number of aryl methyl sites for hydroxylation is 1. The van der Waals surface area contributed by atoms with Crippen molar-refractivity contribution < 1.29 is 0 Å². The summed E-state index contributed by atoms with van der Waals surface area (Å²) < 4.78 is 1.73. The zero-order valence-electron chi connectivity index (χ0n) is 19.7. The van der Waals surface area contributed by atoms with E-state index in [2.05, 4.69) is 15.2 Å². The van der Waals surface area contributed by atoms with Crippen LogP contribution in [0.1, 0.15) is 16.8 Å². The van der Waals surface area contributed by atoms with E-state index in [-0.39, 0.29) is 5.56 Å². The molecule has 0 saturated heterocycles. The van der Waals surface area contributed by atoms with Crippen molar-refractivity contribution in [1.29, 1.82) is 0 Å². The van der Waals surface area contributed by atoms with Crippen LogP contribution in [0, 0.1) is 6.92 Å². The monoisotopic (exact) mass is 452 g/mol. The first kappa shape index (κ1) is 21.7. The minimum absolute atomic E-state index is 0.0114. The Labute approximate surface area is 199 Å². The molecule has 2 aromatic heterocycles. The van der Waals surface area contributed by atoms with Gasteiger partial charge in [-0.25, -0.2) is 9.97 Å². The normalized spacial score (nSPS) is 12.9. The molecule has 0 bridgehead atoms. The molecule has 5 rings (SSSR count). The Bertz CT molecular complexity index is 1380. The second-order valence-electron chi connectivity index (χ2n) is 8.76. The maximum absolute atomic E-state index is 13.6. The lowest BCUT2D eigenvalue weighted by Gasteiger charge is -2.31. The van der Waals surface area contributed by atoms with Gasteiger partial charge in [-0.15, -0.1) is 0 Å². The minimum atomic E-state index is -0.0114. The fourth-order valence-electron chi connectivity index (χ4n) is 4.34. The highest BCUT2D eigenvalue weighted by Crippen LogP contribution is 2.25. The van der Waals surface area contributed by atoms with Crippen LogP contribution < -0.4 is 20.7 Å². The van der Waals surface area contributed by atoms with Gasteiger partial charge in [0, 0.05) is 62.9 Å². The summed E-state index contributed by atoms with van der Waals surface area (Å²) in [5.74, 6) is 0.595. The number of hydrogen-bond acceptors (Lipinski definition) is 6. The first-order valence-electron chi connectivity index (χ1n) is 11.4. The lowest BCUT2D eigenvalue weighted by Crippen LogP contribution is -2.37. The lowest BCUT2D eigenvalue weighted by atomic mass is 10.1. The summed E-state index contributed by atoms with van der Waals surface area (Å²) in [5, 5.41) is 3.26. The third-order valence-electron chi connectivity index (χ3n) is 6.17. The molecular weight excluding hydrogens is 424 g/mol. The van der Waals surface area contributed by atoms with Crippen LogP contribution >= 0.6 is 0 Å². The highest BCUT2D eigenvalue weighted by molar-refractivity contribution is 5.58. The Kier molecular flexibility index (Phi) is 5.76. The zero-order chi connectivity index (χ0) is 23.7. The maximum Gasteiger partial charge on any atom is 0.278 e. The second-order valence-corrected chi connectivity index (χ2v) is 8.76. The lowest BCUT2D eigenvalue weighted by molar-refractivity contribution is 0.698. The summed E-state index contributed by atoms with van der Waals surface area (Å²) in [6, 6.07) is 19.9. The molecule has 0 atom stereocenters. The van der Waals surface area contributed by atoms with Crippen LogP contribution in [0.3, 0.4) is 0 Å². The minimum Gasteiger partial charge on any atom is -0.378 e. The van der Waals surface area contributed by atoms with E-state index in [9.17, 15) is 4.79 Å². The number of pyridine rings is 1. The Balaban J connectivity index is 1.43. The zero-order valence-corrected chi connectivity index (χ0v) is 19.7. The van der Waals surface area contributed by atoms with Crippen LogP contribution in [0.2, 0.25) is 0 Å². The molecule has 7 nitrogen and oxygen atoms in total. The first-order valence-corrected chi connectivity index (χ1v) is 11.4. The first-order chi connectivity index (χ1) is 16.5. The highest BCUT2D eigenvalue weighted by atomic mass is 16.1. The van der Waals surface area contributed by atoms with Crippen molar-refractivity contribution in [1.82, 2.24) is 14.5 Å². The summed E-state index contributed by atoms with van der Waals surface area (Å²) in [5.41, 5.74) is 6.63. The van der Waals surface area contributed by atoms with E-state index >= 15 is 0 Å². The van der Waals surface area contributed by atoms with Crippen molar-refractivity contribution in [3.8, 4) is 5.69 Å². The molecule has 0 fully saturated rings. The molecule has 0 aliphatic carbocycles. The van der Waals surface area contributed by atoms with Gasteiger partial charge in [0.1, 0.15) is 5.69 Å². The van der Waals surface area contributed by atoms with Gasteiger partial charge >= 0.3 is 0 Å². The highest BCUT2D eigenvalue weighted by Gasteiger charge is 2.23. The fourth-order valence-corrected chi connectivity index (χ4v) is 4.34. The number of para-hydroxylation sites is 1. The molecule has 1 aliphatic rings. The summed E-state index contributed by atoms with van der Waals surface area (Å²) >= 11 is 0. The van der Waals surface area contributed by atoms with E-state index in [1.165, 1.54) is 0 Å². The van der Waals surface area contributed by atoms with E-state index < -0.39 is 0 Å². The van der Waals surface area contributed by atoms with E-state index in [0.717, 1.165) is 52.5 Å². The summed E-state index contributed by atoms with van der Waals surface area (Å²) in [7, 11) is 3.99.